The molecule has 1 amide bonds. The number of halogens is 2. The van der Waals surface area contributed by atoms with Crippen LogP contribution in [0.5, 0.6) is 0 Å². The molecule has 0 N–H and O–H groups in total. The molecule has 3 rings (SSSR count). The van der Waals surface area contributed by atoms with Crippen LogP contribution in [-0.2, 0) is 16.2 Å². The normalized spacial score (nSPS) is 16.1. The van der Waals surface area contributed by atoms with Crippen LogP contribution >= 0.6 is 11.6 Å². The predicted octanol–water partition coefficient (Wildman–Crippen LogP) is 4.41. The standard InChI is InChI=1S/C20H20ClFN2O2/c1-2-20(25)24(12-14-5-3-7-16(21)9-14)13-18-11-19(23-26-18)15-6-4-8-17(22)10-15/h3-10,18H,2,11-13H2,1H3. The molecule has 2 aromatic carbocycles. The van der Waals surface area contributed by atoms with Crippen molar-refractivity contribution in [2.24, 2.45) is 5.16 Å². The Hall–Kier alpha value is -2.40. The summed E-state index contributed by atoms with van der Waals surface area (Å²) in [5.41, 5.74) is 2.36. The molecule has 0 fully saturated rings. The molecule has 0 aromatic heterocycles. The zero-order chi connectivity index (χ0) is 18.5. The lowest BCUT2D eigenvalue weighted by atomic mass is 10.0. The molecule has 2 aromatic rings. The Kier molecular flexibility index (Phi) is 5.89. The summed E-state index contributed by atoms with van der Waals surface area (Å²) in [5, 5.41) is 4.72. The number of amides is 1. The first kappa shape index (κ1) is 18.4. The first-order valence-electron chi connectivity index (χ1n) is 8.56. The summed E-state index contributed by atoms with van der Waals surface area (Å²) >= 11 is 6.03. The van der Waals surface area contributed by atoms with Crippen LogP contribution < -0.4 is 0 Å². The van der Waals surface area contributed by atoms with E-state index in [1.165, 1.54) is 12.1 Å². The highest BCUT2D eigenvalue weighted by molar-refractivity contribution is 6.30. The van der Waals surface area contributed by atoms with E-state index in [0.29, 0.717) is 42.2 Å². The molecule has 26 heavy (non-hydrogen) atoms. The van der Waals surface area contributed by atoms with Crippen LogP contribution in [-0.4, -0.2) is 29.2 Å². The first-order chi connectivity index (χ1) is 12.5. The molecule has 0 radical (unpaired) electrons. The lowest BCUT2D eigenvalue weighted by molar-refractivity contribution is -0.133. The quantitative estimate of drug-likeness (QED) is 0.751. The molecule has 1 aliphatic heterocycles. The highest BCUT2D eigenvalue weighted by Gasteiger charge is 2.26. The van der Waals surface area contributed by atoms with E-state index in [2.05, 4.69) is 5.16 Å². The van der Waals surface area contributed by atoms with Gasteiger partial charge in [-0.3, -0.25) is 4.79 Å². The number of carbonyl (C=O) groups excluding carboxylic acids is 1. The monoisotopic (exact) mass is 374 g/mol. The average molecular weight is 375 g/mol. The number of benzene rings is 2. The first-order valence-corrected chi connectivity index (χ1v) is 8.93. The third-order valence-corrected chi connectivity index (χ3v) is 4.47. The second-order valence-electron chi connectivity index (χ2n) is 6.24. The maximum Gasteiger partial charge on any atom is 0.222 e. The van der Waals surface area contributed by atoms with E-state index in [-0.39, 0.29) is 17.8 Å². The smallest absolute Gasteiger partial charge is 0.222 e. The van der Waals surface area contributed by atoms with Crippen LogP contribution in [0.25, 0.3) is 0 Å². The average Bonchev–Trinajstić information content (AvgIpc) is 3.09. The minimum atomic E-state index is -0.308. The molecule has 0 spiro atoms. The van der Waals surface area contributed by atoms with Gasteiger partial charge in [0.15, 0.2) is 6.10 Å². The summed E-state index contributed by atoms with van der Waals surface area (Å²) in [4.78, 5) is 19.6. The van der Waals surface area contributed by atoms with Crippen LogP contribution in [0.3, 0.4) is 0 Å². The zero-order valence-corrected chi connectivity index (χ0v) is 15.2. The highest BCUT2D eigenvalue weighted by Crippen LogP contribution is 2.20. The lowest BCUT2D eigenvalue weighted by Crippen LogP contribution is -2.36. The highest BCUT2D eigenvalue weighted by atomic mass is 35.5. The van der Waals surface area contributed by atoms with Crippen molar-refractivity contribution in [3.05, 3.63) is 70.5 Å². The van der Waals surface area contributed by atoms with E-state index in [4.69, 9.17) is 16.4 Å². The number of rotatable bonds is 6. The minimum Gasteiger partial charge on any atom is -0.390 e. The molecule has 6 heteroatoms. The maximum atomic E-state index is 13.4. The number of hydrogen-bond acceptors (Lipinski definition) is 3. The minimum absolute atomic E-state index is 0.0350. The molecule has 136 valence electrons. The molecule has 1 heterocycles. The van der Waals surface area contributed by atoms with Crippen LogP contribution in [0.1, 0.15) is 30.9 Å². The molecule has 1 atom stereocenters. The molecular weight excluding hydrogens is 355 g/mol. The molecule has 1 unspecified atom stereocenters. The molecular formula is C20H20ClFN2O2. The van der Waals surface area contributed by atoms with Gasteiger partial charge in [-0.1, -0.05) is 47.9 Å². The van der Waals surface area contributed by atoms with E-state index in [9.17, 15) is 9.18 Å². The Balaban J connectivity index is 1.66. The number of carbonyl (C=O) groups is 1. The summed E-state index contributed by atoms with van der Waals surface area (Å²) in [5.74, 6) is -0.273. The summed E-state index contributed by atoms with van der Waals surface area (Å²) in [7, 11) is 0. The molecule has 1 aliphatic rings. The number of nitrogens with zero attached hydrogens (tertiary/aromatic N) is 2. The predicted molar refractivity (Wildman–Crippen MR) is 99.6 cm³/mol. The summed E-state index contributed by atoms with van der Waals surface area (Å²) in [6.07, 6.45) is 0.695. The van der Waals surface area contributed by atoms with Gasteiger partial charge in [0.2, 0.25) is 5.91 Å². The molecule has 4 nitrogen and oxygen atoms in total. The maximum absolute atomic E-state index is 13.4. The van der Waals surface area contributed by atoms with Crippen molar-refractivity contribution in [2.75, 3.05) is 6.54 Å². The SMILES string of the molecule is CCC(=O)N(Cc1cccc(Cl)c1)CC1CC(c2cccc(F)c2)=NO1. The van der Waals surface area contributed by atoms with Crippen LogP contribution in [0.4, 0.5) is 4.39 Å². The van der Waals surface area contributed by atoms with Gasteiger partial charge in [0, 0.05) is 30.0 Å². The number of oxime groups is 1. The van der Waals surface area contributed by atoms with E-state index in [0.717, 1.165) is 5.56 Å². The van der Waals surface area contributed by atoms with Gasteiger partial charge in [0.1, 0.15) is 5.82 Å². The van der Waals surface area contributed by atoms with Gasteiger partial charge in [-0.05, 0) is 29.8 Å². The van der Waals surface area contributed by atoms with Gasteiger partial charge in [-0.15, -0.1) is 0 Å². The Morgan fingerprint density at radius 3 is 2.85 bits per heavy atom. The van der Waals surface area contributed by atoms with E-state index >= 15 is 0 Å². The molecule has 0 saturated heterocycles. The fourth-order valence-electron chi connectivity index (χ4n) is 2.94. The topological polar surface area (TPSA) is 41.9 Å². The zero-order valence-electron chi connectivity index (χ0n) is 14.5. The van der Waals surface area contributed by atoms with Gasteiger partial charge in [-0.25, -0.2) is 4.39 Å². The van der Waals surface area contributed by atoms with E-state index < -0.39 is 0 Å². The summed E-state index contributed by atoms with van der Waals surface area (Å²) in [6, 6.07) is 13.7. The Bertz CT molecular complexity index is 825. The van der Waals surface area contributed by atoms with Gasteiger partial charge in [-0.2, -0.15) is 0 Å². The van der Waals surface area contributed by atoms with Crippen molar-refractivity contribution >= 4 is 23.2 Å². The van der Waals surface area contributed by atoms with Crippen molar-refractivity contribution in [1.29, 1.82) is 0 Å². The van der Waals surface area contributed by atoms with Gasteiger partial charge in [0.05, 0.1) is 12.3 Å². The van der Waals surface area contributed by atoms with Crippen LogP contribution in [0.15, 0.2) is 53.7 Å². The Morgan fingerprint density at radius 2 is 2.12 bits per heavy atom. The lowest BCUT2D eigenvalue weighted by Gasteiger charge is -2.24. The van der Waals surface area contributed by atoms with Gasteiger partial charge >= 0.3 is 0 Å². The third-order valence-electron chi connectivity index (χ3n) is 4.23. The van der Waals surface area contributed by atoms with Crippen molar-refractivity contribution in [3.8, 4) is 0 Å². The van der Waals surface area contributed by atoms with Crippen LogP contribution in [0, 0.1) is 5.82 Å². The van der Waals surface area contributed by atoms with Crippen molar-refractivity contribution < 1.29 is 14.0 Å². The molecule has 0 aliphatic carbocycles. The van der Waals surface area contributed by atoms with Crippen molar-refractivity contribution in [3.63, 3.8) is 0 Å². The third kappa shape index (κ3) is 4.61. The summed E-state index contributed by atoms with van der Waals surface area (Å²) < 4.78 is 13.4. The Labute approximate surface area is 157 Å². The van der Waals surface area contributed by atoms with Gasteiger partial charge in [0.25, 0.3) is 0 Å². The van der Waals surface area contributed by atoms with Gasteiger partial charge < -0.3 is 9.74 Å². The second kappa shape index (κ2) is 8.32. The fraction of sp³-hybridized carbons (Fsp3) is 0.300. The second-order valence-corrected chi connectivity index (χ2v) is 6.67. The molecule has 0 bridgehead atoms. The van der Waals surface area contributed by atoms with E-state index in [1.54, 1.807) is 23.1 Å². The Morgan fingerprint density at radius 1 is 1.31 bits per heavy atom. The fourth-order valence-corrected chi connectivity index (χ4v) is 3.16. The van der Waals surface area contributed by atoms with E-state index in [1.807, 2.05) is 25.1 Å². The van der Waals surface area contributed by atoms with Crippen molar-refractivity contribution in [2.45, 2.75) is 32.4 Å². The largest absolute Gasteiger partial charge is 0.390 e. The molecule has 0 saturated carbocycles. The van der Waals surface area contributed by atoms with Crippen LogP contribution in [0.2, 0.25) is 5.02 Å². The summed E-state index contributed by atoms with van der Waals surface area (Å²) in [6.45, 7) is 2.71. The number of hydrogen-bond donors (Lipinski definition) is 0. The van der Waals surface area contributed by atoms with Crippen molar-refractivity contribution in [1.82, 2.24) is 4.90 Å².